The molecule has 1 fully saturated rings. The summed E-state index contributed by atoms with van der Waals surface area (Å²) in [5.74, 6) is 0.761. The predicted octanol–water partition coefficient (Wildman–Crippen LogP) is 9.41. The van der Waals surface area contributed by atoms with E-state index in [9.17, 15) is 0 Å². The molecule has 0 N–H and O–H groups in total. The monoisotopic (exact) mass is 552 g/mol. The van der Waals surface area contributed by atoms with Crippen LogP contribution in [-0.2, 0) is 5.41 Å². The van der Waals surface area contributed by atoms with Gasteiger partial charge < -0.3 is 0 Å². The Morgan fingerprint density at radius 2 is 1.23 bits per heavy atom. The Kier molecular flexibility index (Phi) is 5.33. The van der Waals surface area contributed by atoms with Gasteiger partial charge in [-0.3, -0.25) is 4.98 Å². The van der Waals surface area contributed by atoms with Crippen molar-refractivity contribution in [2.24, 2.45) is 0 Å². The number of fused-ring (bicyclic) bond motifs is 8. The van der Waals surface area contributed by atoms with Gasteiger partial charge in [-0.25, -0.2) is 15.0 Å². The van der Waals surface area contributed by atoms with E-state index in [-0.39, 0.29) is 5.41 Å². The van der Waals surface area contributed by atoms with Gasteiger partial charge in [-0.15, -0.1) is 0 Å². The summed E-state index contributed by atoms with van der Waals surface area (Å²) < 4.78 is 0. The van der Waals surface area contributed by atoms with Gasteiger partial charge in [0, 0.05) is 22.9 Å². The van der Waals surface area contributed by atoms with E-state index in [0.717, 1.165) is 76.5 Å². The lowest BCUT2D eigenvalue weighted by Crippen LogP contribution is -2.24. The Bertz CT molecular complexity index is 2200. The second kappa shape index (κ2) is 9.40. The number of hydrogen-bond donors (Lipinski definition) is 0. The highest BCUT2D eigenvalue weighted by molar-refractivity contribution is 6.13. The number of hydrogen-bond acceptors (Lipinski definition) is 4. The maximum atomic E-state index is 5.46. The minimum atomic E-state index is -0.227. The van der Waals surface area contributed by atoms with Crippen molar-refractivity contribution in [2.45, 2.75) is 31.1 Å². The highest BCUT2D eigenvalue weighted by Crippen LogP contribution is 2.55. The van der Waals surface area contributed by atoms with Crippen molar-refractivity contribution in [1.29, 1.82) is 0 Å². The third-order valence-electron chi connectivity index (χ3n) is 9.45. The fourth-order valence-corrected chi connectivity index (χ4v) is 7.41. The zero-order valence-electron chi connectivity index (χ0n) is 23.7. The second-order valence-electron chi connectivity index (χ2n) is 11.8. The van der Waals surface area contributed by atoms with E-state index in [0.29, 0.717) is 0 Å². The number of nitrogens with zero attached hydrogens (tertiary/aromatic N) is 4. The van der Waals surface area contributed by atoms with Crippen LogP contribution in [0.2, 0.25) is 0 Å². The van der Waals surface area contributed by atoms with Crippen LogP contribution in [0.3, 0.4) is 0 Å². The molecule has 1 spiro atoms. The van der Waals surface area contributed by atoms with Gasteiger partial charge in [0.05, 0.1) is 34.4 Å². The van der Waals surface area contributed by atoms with Gasteiger partial charge in [-0.05, 0) is 57.6 Å². The average Bonchev–Trinajstić information content (AvgIpc) is 3.68. The maximum absolute atomic E-state index is 5.46. The average molecular weight is 553 g/mol. The number of aromatic nitrogens is 4. The number of rotatable bonds is 3. The van der Waals surface area contributed by atoms with Crippen LogP contribution in [0, 0.1) is 0 Å². The molecule has 4 heteroatoms. The lowest BCUT2D eigenvalue weighted by Gasteiger charge is -2.24. The summed E-state index contributed by atoms with van der Waals surface area (Å²) in [5, 5.41) is 4.91. The number of benzene rings is 5. The Balaban J connectivity index is 1.19. The largest absolute Gasteiger partial charge is 0.252 e. The highest BCUT2D eigenvalue weighted by Gasteiger charge is 2.49. The van der Waals surface area contributed by atoms with Gasteiger partial charge in [0.2, 0.25) is 0 Å². The van der Waals surface area contributed by atoms with Crippen LogP contribution in [0.1, 0.15) is 37.1 Å². The molecule has 0 bridgehead atoms. The third-order valence-corrected chi connectivity index (χ3v) is 9.45. The van der Waals surface area contributed by atoms with Gasteiger partial charge in [0.25, 0.3) is 0 Å². The summed E-state index contributed by atoms with van der Waals surface area (Å²) in [6, 6.07) is 38.5. The topological polar surface area (TPSA) is 51.6 Å². The molecule has 0 saturated heterocycles. The first-order valence-corrected chi connectivity index (χ1v) is 15.1. The van der Waals surface area contributed by atoms with Gasteiger partial charge in [-0.1, -0.05) is 110 Å². The van der Waals surface area contributed by atoms with Gasteiger partial charge in [0.1, 0.15) is 0 Å². The van der Waals surface area contributed by atoms with Crippen molar-refractivity contribution in [3.63, 3.8) is 0 Å². The van der Waals surface area contributed by atoms with E-state index >= 15 is 0 Å². The molecular formula is C39H28N4. The minimum absolute atomic E-state index is 0.227. The molecule has 2 heterocycles. The van der Waals surface area contributed by atoms with Crippen LogP contribution >= 0.6 is 0 Å². The maximum Gasteiger partial charge on any atom is 0.159 e. The molecule has 204 valence electrons. The summed E-state index contributed by atoms with van der Waals surface area (Å²) >= 11 is 0. The molecule has 1 saturated carbocycles. The lowest BCUT2D eigenvalue weighted by molar-refractivity contribution is 0.517. The van der Waals surface area contributed by atoms with Crippen molar-refractivity contribution in [3.05, 3.63) is 133 Å². The van der Waals surface area contributed by atoms with Crippen molar-refractivity contribution in [1.82, 2.24) is 19.9 Å². The lowest BCUT2D eigenvalue weighted by atomic mass is 9.82. The van der Waals surface area contributed by atoms with Crippen molar-refractivity contribution in [2.75, 3.05) is 0 Å². The molecule has 2 aromatic heterocycles. The molecule has 0 unspecified atom stereocenters. The molecule has 7 aromatic rings. The standard InChI is InChI=1S/C39H28N4/c1-2-11-25(12-3-1)26-14-10-15-28(21-26)38-41-23-33-35-37(39(36(33)43-38)19-8-9-20-39)42-34(24-40-35)32-22-27-13-4-5-16-29(27)30-17-6-7-18-31(30)32/h1-7,10-18,21-24H,8-9,19-20H2. The van der Waals surface area contributed by atoms with Gasteiger partial charge in [0.15, 0.2) is 5.82 Å². The van der Waals surface area contributed by atoms with Crippen molar-refractivity contribution >= 4 is 21.5 Å². The van der Waals surface area contributed by atoms with Crippen molar-refractivity contribution in [3.8, 4) is 45.0 Å². The fraction of sp³-hybridized carbons (Fsp3) is 0.128. The van der Waals surface area contributed by atoms with Gasteiger partial charge in [-0.2, -0.15) is 0 Å². The Morgan fingerprint density at radius 3 is 2.09 bits per heavy atom. The Labute approximate surface area is 250 Å². The highest BCUT2D eigenvalue weighted by atomic mass is 15.0. The SMILES string of the molecule is c1ccc(-c2cccc(-c3ncc4c(n3)C3(CCCC3)c3nc(-c5cc6ccccc6c6ccccc56)cnc3-4)c2)cc1. The third kappa shape index (κ3) is 3.69. The van der Waals surface area contributed by atoms with Crippen LogP contribution in [0.4, 0.5) is 0 Å². The Hall–Kier alpha value is -5.22. The first kappa shape index (κ1) is 24.4. The molecule has 5 aromatic carbocycles. The molecule has 0 radical (unpaired) electrons. The van der Waals surface area contributed by atoms with Crippen LogP contribution in [-0.4, -0.2) is 19.9 Å². The molecule has 2 aliphatic carbocycles. The molecular weight excluding hydrogens is 524 g/mol. The first-order chi connectivity index (χ1) is 21.3. The molecule has 4 nitrogen and oxygen atoms in total. The first-order valence-electron chi connectivity index (χ1n) is 15.1. The van der Waals surface area contributed by atoms with E-state index in [1.807, 2.05) is 18.5 Å². The summed E-state index contributed by atoms with van der Waals surface area (Å²) in [4.78, 5) is 20.7. The minimum Gasteiger partial charge on any atom is -0.252 e. The van der Waals surface area contributed by atoms with Crippen LogP contribution in [0.5, 0.6) is 0 Å². The zero-order valence-corrected chi connectivity index (χ0v) is 23.7. The van der Waals surface area contributed by atoms with Crippen LogP contribution < -0.4 is 0 Å². The van der Waals surface area contributed by atoms with E-state index < -0.39 is 0 Å². The molecule has 0 atom stereocenters. The van der Waals surface area contributed by atoms with E-state index in [2.05, 4.69) is 103 Å². The molecule has 2 aliphatic rings. The summed E-state index contributed by atoms with van der Waals surface area (Å²) in [7, 11) is 0. The van der Waals surface area contributed by atoms with Crippen LogP contribution in [0.25, 0.3) is 66.6 Å². The smallest absolute Gasteiger partial charge is 0.159 e. The van der Waals surface area contributed by atoms with E-state index in [1.165, 1.54) is 27.1 Å². The normalized spacial score (nSPS) is 14.8. The Morgan fingerprint density at radius 1 is 0.512 bits per heavy atom. The fourth-order valence-electron chi connectivity index (χ4n) is 7.41. The molecule has 43 heavy (non-hydrogen) atoms. The summed E-state index contributed by atoms with van der Waals surface area (Å²) in [6.45, 7) is 0. The van der Waals surface area contributed by atoms with Crippen molar-refractivity contribution < 1.29 is 0 Å². The molecule has 0 amide bonds. The quantitative estimate of drug-likeness (QED) is 0.205. The van der Waals surface area contributed by atoms with E-state index in [4.69, 9.17) is 19.9 Å². The summed E-state index contributed by atoms with van der Waals surface area (Å²) in [5.41, 5.74) is 9.32. The molecule has 0 aliphatic heterocycles. The predicted molar refractivity (Wildman–Crippen MR) is 174 cm³/mol. The molecule has 9 rings (SSSR count). The van der Waals surface area contributed by atoms with E-state index in [1.54, 1.807) is 0 Å². The van der Waals surface area contributed by atoms with Crippen LogP contribution in [0.15, 0.2) is 122 Å². The summed E-state index contributed by atoms with van der Waals surface area (Å²) in [6.07, 6.45) is 8.32. The second-order valence-corrected chi connectivity index (χ2v) is 11.8. The zero-order chi connectivity index (χ0) is 28.4. The van der Waals surface area contributed by atoms with Gasteiger partial charge >= 0.3 is 0 Å².